The Labute approximate surface area is 98.4 Å². The minimum Gasteiger partial charge on any atom is -0.472 e. The standard InChI is InChI=1S/C14H23NO/c1-3-15-9-12-5-4-11(2)8-14(12)13-6-7-16-10-13/h6-7,10-12,14-15H,3-5,8-9H2,1-2H3. The Bertz CT molecular complexity index is 292. The van der Waals surface area contributed by atoms with E-state index in [0.717, 1.165) is 24.9 Å². The lowest BCUT2D eigenvalue weighted by molar-refractivity contribution is 0.242. The number of hydrogen-bond acceptors (Lipinski definition) is 2. The summed E-state index contributed by atoms with van der Waals surface area (Å²) in [6, 6.07) is 2.14. The van der Waals surface area contributed by atoms with Crippen molar-refractivity contribution >= 4 is 0 Å². The molecule has 2 heteroatoms. The minimum absolute atomic E-state index is 0.696. The van der Waals surface area contributed by atoms with Crippen LogP contribution in [0.5, 0.6) is 0 Å². The second kappa shape index (κ2) is 5.53. The Balaban J connectivity index is 2.03. The van der Waals surface area contributed by atoms with Crippen molar-refractivity contribution < 1.29 is 4.42 Å². The Morgan fingerprint density at radius 2 is 2.31 bits per heavy atom. The Hall–Kier alpha value is -0.760. The second-order valence-corrected chi connectivity index (χ2v) is 5.15. The first-order valence-electron chi connectivity index (χ1n) is 6.54. The number of hydrogen-bond donors (Lipinski definition) is 1. The summed E-state index contributed by atoms with van der Waals surface area (Å²) in [6.45, 7) is 6.78. The Kier molecular flexibility index (Phi) is 4.05. The van der Waals surface area contributed by atoms with Gasteiger partial charge in [0.25, 0.3) is 0 Å². The zero-order chi connectivity index (χ0) is 11.4. The molecule has 1 heterocycles. The molecule has 3 atom stereocenters. The number of rotatable bonds is 4. The molecular formula is C14H23NO. The maximum absolute atomic E-state index is 5.24. The van der Waals surface area contributed by atoms with E-state index in [0.29, 0.717) is 5.92 Å². The molecule has 3 unspecified atom stereocenters. The van der Waals surface area contributed by atoms with E-state index in [1.807, 2.05) is 6.26 Å². The van der Waals surface area contributed by atoms with Crippen LogP contribution in [0.1, 0.15) is 44.6 Å². The van der Waals surface area contributed by atoms with Crippen LogP contribution in [0.15, 0.2) is 23.0 Å². The number of furan rings is 1. The predicted octanol–water partition coefficient (Wildman–Crippen LogP) is 3.41. The van der Waals surface area contributed by atoms with Gasteiger partial charge in [-0.2, -0.15) is 0 Å². The van der Waals surface area contributed by atoms with E-state index >= 15 is 0 Å². The zero-order valence-corrected chi connectivity index (χ0v) is 10.4. The highest BCUT2D eigenvalue weighted by atomic mass is 16.3. The highest BCUT2D eigenvalue weighted by Gasteiger charge is 2.29. The van der Waals surface area contributed by atoms with Gasteiger partial charge in [-0.15, -0.1) is 0 Å². The van der Waals surface area contributed by atoms with Crippen molar-refractivity contribution in [2.24, 2.45) is 11.8 Å². The lowest BCUT2D eigenvalue weighted by atomic mass is 9.72. The van der Waals surface area contributed by atoms with Crippen molar-refractivity contribution in [2.75, 3.05) is 13.1 Å². The summed E-state index contributed by atoms with van der Waals surface area (Å²) >= 11 is 0. The first-order chi connectivity index (χ1) is 7.81. The van der Waals surface area contributed by atoms with E-state index in [9.17, 15) is 0 Å². The van der Waals surface area contributed by atoms with Gasteiger partial charge in [0, 0.05) is 0 Å². The second-order valence-electron chi connectivity index (χ2n) is 5.15. The van der Waals surface area contributed by atoms with E-state index < -0.39 is 0 Å². The molecule has 0 amide bonds. The van der Waals surface area contributed by atoms with Crippen LogP contribution < -0.4 is 5.32 Å². The molecule has 2 rings (SSSR count). The molecule has 1 aliphatic rings. The average Bonchev–Trinajstić information content (AvgIpc) is 2.80. The van der Waals surface area contributed by atoms with Crippen LogP contribution in [0.3, 0.4) is 0 Å². The fourth-order valence-corrected chi connectivity index (χ4v) is 2.91. The van der Waals surface area contributed by atoms with Crippen LogP contribution in [0, 0.1) is 11.8 Å². The molecular weight excluding hydrogens is 198 g/mol. The molecule has 1 aliphatic carbocycles. The summed E-state index contributed by atoms with van der Waals surface area (Å²) in [4.78, 5) is 0. The molecule has 0 spiro atoms. The van der Waals surface area contributed by atoms with E-state index in [4.69, 9.17) is 4.42 Å². The normalized spacial score (nSPS) is 30.5. The molecule has 0 bridgehead atoms. The van der Waals surface area contributed by atoms with E-state index in [-0.39, 0.29) is 0 Å². The first-order valence-corrected chi connectivity index (χ1v) is 6.54. The molecule has 0 aromatic carbocycles. The van der Waals surface area contributed by atoms with Gasteiger partial charge in [-0.25, -0.2) is 0 Å². The van der Waals surface area contributed by atoms with Crippen LogP contribution in [0.25, 0.3) is 0 Å². The highest BCUT2D eigenvalue weighted by Crippen LogP contribution is 2.40. The third kappa shape index (κ3) is 2.67. The van der Waals surface area contributed by atoms with Gasteiger partial charge in [0.1, 0.15) is 0 Å². The SMILES string of the molecule is CCNCC1CCC(C)CC1c1ccoc1. The van der Waals surface area contributed by atoms with Crippen molar-refractivity contribution in [1.82, 2.24) is 5.32 Å². The predicted molar refractivity (Wildman–Crippen MR) is 66.5 cm³/mol. The topological polar surface area (TPSA) is 25.2 Å². The summed E-state index contributed by atoms with van der Waals surface area (Å²) in [5, 5.41) is 3.49. The molecule has 0 radical (unpaired) electrons. The lowest BCUT2D eigenvalue weighted by Gasteiger charge is -2.34. The van der Waals surface area contributed by atoms with Crippen molar-refractivity contribution in [3.05, 3.63) is 24.2 Å². The molecule has 1 N–H and O–H groups in total. The van der Waals surface area contributed by atoms with Crippen molar-refractivity contribution in [3.8, 4) is 0 Å². The van der Waals surface area contributed by atoms with Crippen LogP contribution >= 0.6 is 0 Å². The molecule has 1 aromatic rings. The fourth-order valence-electron chi connectivity index (χ4n) is 2.91. The molecule has 1 aromatic heterocycles. The molecule has 90 valence electrons. The molecule has 1 fully saturated rings. The lowest BCUT2D eigenvalue weighted by Crippen LogP contribution is -2.31. The zero-order valence-electron chi connectivity index (χ0n) is 10.4. The van der Waals surface area contributed by atoms with Gasteiger partial charge in [-0.1, -0.05) is 20.3 Å². The van der Waals surface area contributed by atoms with Gasteiger partial charge in [0.2, 0.25) is 0 Å². The quantitative estimate of drug-likeness (QED) is 0.843. The minimum atomic E-state index is 0.696. The average molecular weight is 221 g/mol. The summed E-state index contributed by atoms with van der Waals surface area (Å²) in [5.74, 6) is 2.34. The van der Waals surface area contributed by atoms with Crippen LogP contribution in [0.2, 0.25) is 0 Å². The Morgan fingerprint density at radius 3 is 3.00 bits per heavy atom. The van der Waals surface area contributed by atoms with Gasteiger partial charge in [0.05, 0.1) is 12.5 Å². The third-order valence-electron chi connectivity index (χ3n) is 3.88. The smallest absolute Gasteiger partial charge is 0.0937 e. The van der Waals surface area contributed by atoms with E-state index in [2.05, 4.69) is 25.2 Å². The van der Waals surface area contributed by atoms with Crippen LogP contribution in [-0.2, 0) is 0 Å². The largest absolute Gasteiger partial charge is 0.472 e. The van der Waals surface area contributed by atoms with Crippen molar-refractivity contribution in [2.45, 2.75) is 39.0 Å². The monoisotopic (exact) mass is 221 g/mol. The van der Waals surface area contributed by atoms with Crippen molar-refractivity contribution in [3.63, 3.8) is 0 Å². The molecule has 0 aliphatic heterocycles. The van der Waals surface area contributed by atoms with Gasteiger partial charge < -0.3 is 9.73 Å². The van der Waals surface area contributed by atoms with Gasteiger partial charge >= 0.3 is 0 Å². The summed E-state index contributed by atoms with van der Waals surface area (Å²) in [6.07, 6.45) is 7.78. The maximum atomic E-state index is 5.24. The Morgan fingerprint density at radius 1 is 1.44 bits per heavy atom. The van der Waals surface area contributed by atoms with Crippen LogP contribution in [0.4, 0.5) is 0 Å². The summed E-state index contributed by atoms with van der Waals surface area (Å²) in [7, 11) is 0. The van der Waals surface area contributed by atoms with Crippen molar-refractivity contribution in [1.29, 1.82) is 0 Å². The summed E-state index contributed by atoms with van der Waals surface area (Å²) in [5.41, 5.74) is 1.40. The molecule has 0 saturated heterocycles. The number of nitrogens with one attached hydrogen (secondary N) is 1. The molecule has 16 heavy (non-hydrogen) atoms. The molecule has 1 saturated carbocycles. The van der Waals surface area contributed by atoms with E-state index in [1.54, 1.807) is 6.26 Å². The summed E-state index contributed by atoms with van der Waals surface area (Å²) < 4.78 is 5.24. The fraction of sp³-hybridized carbons (Fsp3) is 0.714. The van der Waals surface area contributed by atoms with Crippen LogP contribution in [-0.4, -0.2) is 13.1 Å². The van der Waals surface area contributed by atoms with Gasteiger partial charge in [-0.05, 0) is 55.3 Å². The molecule has 2 nitrogen and oxygen atoms in total. The first kappa shape index (κ1) is 11.7. The third-order valence-corrected chi connectivity index (χ3v) is 3.88. The maximum Gasteiger partial charge on any atom is 0.0937 e. The van der Waals surface area contributed by atoms with E-state index in [1.165, 1.54) is 24.8 Å². The highest BCUT2D eigenvalue weighted by molar-refractivity contribution is 5.15. The van der Waals surface area contributed by atoms with Gasteiger partial charge in [-0.3, -0.25) is 0 Å². The van der Waals surface area contributed by atoms with Gasteiger partial charge in [0.15, 0.2) is 0 Å².